The molecule has 7 nitrogen and oxygen atoms in total. The van der Waals surface area contributed by atoms with Gasteiger partial charge in [-0.15, -0.1) is 0 Å². The van der Waals surface area contributed by atoms with Gasteiger partial charge >= 0.3 is 5.97 Å². The Balaban J connectivity index is 2.44. The number of aromatic carboxylic acids is 1. The molecule has 3 N–H and O–H groups in total. The van der Waals surface area contributed by atoms with Gasteiger partial charge in [-0.05, 0) is 18.2 Å². The lowest BCUT2D eigenvalue weighted by molar-refractivity contribution is 0.0698. The average Bonchev–Trinajstić information content (AvgIpc) is 2.83. The number of benzene rings is 1. The maximum absolute atomic E-state index is 12.3. The van der Waals surface area contributed by atoms with Crippen LogP contribution in [0.4, 0.5) is 11.4 Å². The van der Waals surface area contributed by atoms with Gasteiger partial charge in [-0.1, -0.05) is 0 Å². The number of nitrogen functional groups attached to an aromatic ring is 1. The molecular weight excluding hydrogens is 260 g/mol. The van der Waals surface area contributed by atoms with Crippen molar-refractivity contribution in [1.29, 1.82) is 0 Å². The summed E-state index contributed by atoms with van der Waals surface area (Å²) < 4.78 is 1.57. The molecule has 0 saturated heterocycles. The smallest absolute Gasteiger partial charge is 0.337 e. The third-order valence-electron chi connectivity index (χ3n) is 2.95. The van der Waals surface area contributed by atoms with Crippen LogP contribution in [0.2, 0.25) is 0 Å². The molecule has 1 aromatic heterocycles. The van der Waals surface area contributed by atoms with Crippen molar-refractivity contribution in [3.05, 3.63) is 42.0 Å². The number of nitrogens with two attached hydrogens (primary N) is 1. The minimum Gasteiger partial charge on any atom is -0.478 e. The minimum absolute atomic E-state index is 0.0250. The zero-order chi connectivity index (χ0) is 14.9. The monoisotopic (exact) mass is 274 g/mol. The molecule has 1 heterocycles. The first kappa shape index (κ1) is 13.6. The highest BCUT2D eigenvalue weighted by molar-refractivity contribution is 6.08. The second kappa shape index (κ2) is 5.04. The Labute approximate surface area is 115 Å². The standard InChI is InChI=1S/C13H14N4O3/c1-16-7-15-6-11(16)12(18)17(2)10-4-3-8(14)5-9(10)13(19)20/h3-7H,14H2,1-2H3,(H,19,20). The highest BCUT2D eigenvalue weighted by Gasteiger charge is 2.21. The van der Waals surface area contributed by atoms with E-state index < -0.39 is 5.97 Å². The van der Waals surface area contributed by atoms with Gasteiger partial charge in [0.25, 0.3) is 5.91 Å². The predicted octanol–water partition coefficient (Wildman–Crippen LogP) is 0.977. The Morgan fingerprint density at radius 3 is 2.65 bits per heavy atom. The number of carboxylic acid groups (broad SMARTS) is 1. The summed E-state index contributed by atoms with van der Waals surface area (Å²) >= 11 is 0. The van der Waals surface area contributed by atoms with Crippen LogP contribution < -0.4 is 10.6 Å². The van der Waals surface area contributed by atoms with Gasteiger partial charge in [-0.3, -0.25) is 4.79 Å². The summed E-state index contributed by atoms with van der Waals surface area (Å²) in [6.07, 6.45) is 2.93. The van der Waals surface area contributed by atoms with Crippen molar-refractivity contribution in [1.82, 2.24) is 9.55 Å². The lowest BCUT2D eigenvalue weighted by Gasteiger charge is -2.19. The zero-order valence-corrected chi connectivity index (χ0v) is 11.1. The maximum atomic E-state index is 12.3. The van der Waals surface area contributed by atoms with Crippen LogP contribution in [0.25, 0.3) is 0 Å². The second-order valence-electron chi connectivity index (χ2n) is 4.34. The van der Waals surface area contributed by atoms with Gasteiger partial charge < -0.3 is 20.3 Å². The largest absolute Gasteiger partial charge is 0.478 e. The molecule has 0 atom stereocenters. The van der Waals surface area contributed by atoms with E-state index in [0.29, 0.717) is 11.4 Å². The number of hydrogen-bond donors (Lipinski definition) is 2. The van der Waals surface area contributed by atoms with Crippen molar-refractivity contribution in [2.24, 2.45) is 7.05 Å². The second-order valence-corrected chi connectivity index (χ2v) is 4.34. The number of carbonyl (C=O) groups is 2. The van der Waals surface area contributed by atoms with Crippen molar-refractivity contribution < 1.29 is 14.7 Å². The van der Waals surface area contributed by atoms with Crippen molar-refractivity contribution in [2.45, 2.75) is 0 Å². The average molecular weight is 274 g/mol. The van der Waals surface area contributed by atoms with Crippen LogP contribution in [0.1, 0.15) is 20.8 Å². The highest BCUT2D eigenvalue weighted by Crippen LogP contribution is 2.23. The summed E-state index contributed by atoms with van der Waals surface area (Å²) in [5.41, 5.74) is 6.52. The number of carbonyl (C=O) groups excluding carboxylic acids is 1. The molecule has 2 rings (SSSR count). The Morgan fingerprint density at radius 1 is 1.40 bits per heavy atom. The quantitative estimate of drug-likeness (QED) is 0.812. The number of aromatic nitrogens is 2. The number of carboxylic acids is 1. The molecule has 0 aliphatic heterocycles. The predicted molar refractivity (Wildman–Crippen MR) is 73.8 cm³/mol. The van der Waals surface area contributed by atoms with Gasteiger partial charge in [-0.2, -0.15) is 0 Å². The topological polar surface area (TPSA) is 101 Å². The molecule has 2 aromatic rings. The molecule has 1 amide bonds. The first-order valence-electron chi connectivity index (χ1n) is 5.79. The number of rotatable bonds is 3. The Kier molecular flexibility index (Phi) is 3.43. The summed E-state index contributed by atoms with van der Waals surface area (Å²) in [5.74, 6) is -1.49. The summed E-state index contributed by atoms with van der Waals surface area (Å²) in [5, 5.41) is 9.19. The van der Waals surface area contributed by atoms with Crippen LogP contribution >= 0.6 is 0 Å². The molecule has 0 unspecified atom stereocenters. The van der Waals surface area contributed by atoms with Crippen LogP contribution in [0.3, 0.4) is 0 Å². The summed E-state index contributed by atoms with van der Waals surface area (Å²) in [6.45, 7) is 0. The van der Waals surface area contributed by atoms with Crippen LogP contribution in [0, 0.1) is 0 Å². The van der Waals surface area contributed by atoms with Crippen LogP contribution in [0.5, 0.6) is 0 Å². The van der Waals surface area contributed by atoms with E-state index >= 15 is 0 Å². The first-order valence-corrected chi connectivity index (χ1v) is 5.79. The van der Waals surface area contributed by atoms with Crippen LogP contribution in [-0.2, 0) is 7.05 Å². The van der Waals surface area contributed by atoms with Gasteiger partial charge in [0.15, 0.2) is 0 Å². The number of aryl methyl sites for hydroxylation is 1. The van der Waals surface area contributed by atoms with E-state index in [-0.39, 0.29) is 17.2 Å². The summed E-state index contributed by atoms with van der Waals surface area (Å²) in [7, 11) is 3.20. The van der Waals surface area contributed by atoms with E-state index in [1.165, 1.54) is 36.6 Å². The van der Waals surface area contributed by atoms with Gasteiger partial charge in [0.2, 0.25) is 0 Å². The van der Waals surface area contributed by atoms with Crippen LogP contribution in [0.15, 0.2) is 30.7 Å². The molecule has 0 fully saturated rings. The summed E-state index contributed by atoms with van der Waals surface area (Å²) in [4.78, 5) is 28.7. The number of imidazole rings is 1. The normalized spacial score (nSPS) is 10.3. The molecule has 1 aromatic carbocycles. The molecule has 0 radical (unpaired) electrons. The molecule has 0 bridgehead atoms. The molecule has 0 aliphatic rings. The van der Waals surface area contributed by atoms with Crippen molar-refractivity contribution in [2.75, 3.05) is 17.7 Å². The summed E-state index contributed by atoms with van der Waals surface area (Å²) in [6, 6.07) is 4.38. The third kappa shape index (κ3) is 2.33. The lowest BCUT2D eigenvalue weighted by Crippen LogP contribution is -2.29. The fraction of sp³-hybridized carbons (Fsp3) is 0.154. The van der Waals surface area contributed by atoms with Gasteiger partial charge in [-0.25, -0.2) is 9.78 Å². The lowest BCUT2D eigenvalue weighted by atomic mass is 10.1. The molecule has 0 saturated carbocycles. The van der Waals surface area contributed by atoms with E-state index in [1.807, 2.05) is 0 Å². The van der Waals surface area contributed by atoms with E-state index in [0.717, 1.165) is 0 Å². The third-order valence-corrected chi connectivity index (χ3v) is 2.95. The van der Waals surface area contributed by atoms with Gasteiger partial charge in [0, 0.05) is 19.8 Å². The number of anilines is 2. The number of hydrogen-bond acceptors (Lipinski definition) is 4. The molecule has 0 aliphatic carbocycles. The molecule has 20 heavy (non-hydrogen) atoms. The SMILES string of the molecule is CN(C(=O)c1cncn1C)c1ccc(N)cc1C(=O)O. The fourth-order valence-electron chi connectivity index (χ4n) is 1.86. The molecular formula is C13H14N4O3. The van der Waals surface area contributed by atoms with E-state index in [4.69, 9.17) is 5.73 Å². The Morgan fingerprint density at radius 2 is 2.10 bits per heavy atom. The van der Waals surface area contributed by atoms with E-state index in [1.54, 1.807) is 17.7 Å². The molecule has 7 heteroatoms. The van der Waals surface area contributed by atoms with Crippen molar-refractivity contribution >= 4 is 23.3 Å². The molecule has 0 spiro atoms. The fourth-order valence-corrected chi connectivity index (χ4v) is 1.86. The van der Waals surface area contributed by atoms with E-state index in [9.17, 15) is 14.7 Å². The number of amides is 1. The highest BCUT2D eigenvalue weighted by atomic mass is 16.4. The molecule has 104 valence electrons. The van der Waals surface area contributed by atoms with Crippen molar-refractivity contribution in [3.8, 4) is 0 Å². The van der Waals surface area contributed by atoms with Gasteiger partial charge in [0.05, 0.1) is 23.8 Å². The Bertz CT molecular complexity index is 678. The Hall–Kier alpha value is -2.83. The maximum Gasteiger partial charge on any atom is 0.337 e. The van der Waals surface area contributed by atoms with Crippen molar-refractivity contribution in [3.63, 3.8) is 0 Å². The van der Waals surface area contributed by atoms with E-state index in [2.05, 4.69) is 4.98 Å². The van der Waals surface area contributed by atoms with Crippen LogP contribution in [-0.4, -0.2) is 33.6 Å². The zero-order valence-electron chi connectivity index (χ0n) is 11.1. The first-order chi connectivity index (χ1) is 9.41. The minimum atomic E-state index is -1.14. The number of nitrogens with zero attached hydrogens (tertiary/aromatic N) is 3. The van der Waals surface area contributed by atoms with Gasteiger partial charge in [0.1, 0.15) is 5.69 Å².